The van der Waals surface area contributed by atoms with E-state index >= 15 is 0 Å². The minimum absolute atomic E-state index is 0. The molecular formula is C12H18Cl3N3O. The maximum absolute atomic E-state index is 6.09. The smallest absolute Gasteiger partial charge is 0.225 e. The minimum atomic E-state index is -0.553. The number of nitrogens with one attached hydrogen (secondary N) is 1. The summed E-state index contributed by atoms with van der Waals surface area (Å²) < 4.78 is 0. The summed E-state index contributed by atoms with van der Waals surface area (Å²) in [6, 6.07) is 9.59. The van der Waals surface area contributed by atoms with Gasteiger partial charge in [0.2, 0.25) is 5.56 Å². The summed E-state index contributed by atoms with van der Waals surface area (Å²) in [4.78, 5) is 5.30. The molecule has 1 saturated heterocycles. The van der Waals surface area contributed by atoms with Crippen LogP contribution in [0.2, 0.25) is 0 Å². The number of nitrogens with two attached hydrogens (primary N) is 1. The van der Waals surface area contributed by atoms with Crippen molar-refractivity contribution < 1.29 is 4.84 Å². The van der Waals surface area contributed by atoms with E-state index in [1.807, 2.05) is 30.3 Å². The molecule has 0 aromatic heterocycles. The zero-order valence-corrected chi connectivity index (χ0v) is 12.7. The second kappa shape index (κ2) is 9.39. The predicted octanol–water partition coefficient (Wildman–Crippen LogP) is 2.32. The van der Waals surface area contributed by atoms with Gasteiger partial charge in [-0.1, -0.05) is 47.1 Å². The quantitative estimate of drug-likeness (QED) is 0.659. The van der Waals surface area contributed by atoms with E-state index in [1.54, 1.807) is 0 Å². The Hall–Kier alpha value is -0.520. The highest BCUT2D eigenvalue weighted by atomic mass is 35.5. The average Bonchev–Trinajstić information content (AvgIpc) is 2.84. The third-order valence-corrected chi connectivity index (χ3v) is 3.11. The van der Waals surface area contributed by atoms with Gasteiger partial charge in [0.25, 0.3) is 0 Å². The Morgan fingerprint density at radius 3 is 2.68 bits per heavy atom. The van der Waals surface area contributed by atoms with Gasteiger partial charge in [-0.3, -0.25) is 0 Å². The minimum Gasteiger partial charge on any atom is -0.371 e. The number of hydrogen-bond acceptors (Lipinski definition) is 4. The van der Waals surface area contributed by atoms with Crippen LogP contribution in [0.25, 0.3) is 0 Å². The van der Waals surface area contributed by atoms with Gasteiger partial charge < -0.3 is 15.9 Å². The van der Waals surface area contributed by atoms with Crippen molar-refractivity contribution >= 4 is 42.1 Å². The van der Waals surface area contributed by atoms with Crippen LogP contribution < -0.4 is 11.1 Å². The molecule has 2 unspecified atom stereocenters. The monoisotopic (exact) mass is 325 g/mol. The second-order valence-corrected chi connectivity index (χ2v) is 4.37. The van der Waals surface area contributed by atoms with Crippen molar-refractivity contribution in [2.24, 2.45) is 16.8 Å². The van der Waals surface area contributed by atoms with E-state index in [9.17, 15) is 0 Å². The Balaban J connectivity index is 0.00000162. The molecule has 7 heteroatoms. The number of benzene rings is 1. The van der Waals surface area contributed by atoms with Gasteiger partial charge in [-0.05, 0) is 0 Å². The third kappa shape index (κ3) is 5.16. The molecule has 2 rings (SSSR count). The van der Waals surface area contributed by atoms with Crippen molar-refractivity contribution in [1.82, 2.24) is 5.32 Å². The summed E-state index contributed by atoms with van der Waals surface area (Å²) in [6.45, 7) is 2.16. The topological polar surface area (TPSA) is 59.6 Å². The first-order valence-electron chi connectivity index (χ1n) is 5.63. The van der Waals surface area contributed by atoms with E-state index in [1.165, 1.54) is 0 Å². The van der Waals surface area contributed by atoms with Crippen molar-refractivity contribution in [3.05, 3.63) is 35.9 Å². The fraction of sp³-hybridized carbons (Fsp3) is 0.417. The SMILES string of the molecule is Cl.Cl.NCC1CNCC1=NOC(Cl)c1ccccc1. The lowest BCUT2D eigenvalue weighted by molar-refractivity contribution is 0.116. The van der Waals surface area contributed by atoms with Crippen LogP contribution in [0.15, 0.2) is 35.5 Å². The van der Waals surface area contributed by atoms with E-state index in [-0.39, 0.29) is 30.7 Å². The fourth-order valence-electron chi connectivity index (χ4n) is 1.74. The van der Waals surface area contributed by atoms with Gasteiger partial charge in [0.15, 0.2) is 0 Å². The normalized spacial score (nSPS) is 21.4. The zero-order chi connectivity index (χ0) is 12.1. The molecule has 2 atom stereocenters. The van der Waals surface area contributed by atoms with Crippen LogP contribution in [0.1, 0.15) is 11.1 Å². The first-order valence-corrected chi connectivity index (χ1v) is 6.07. The molecule has 0 saturated carbocycles. The lowest BCUT2D eigenvalue weighted by Gasteiger charge is -2.10. The van der Waals surface area contributed by atoms with Crippen molar-refractivity contribution in [1.29, 1.82) is 0 Å². The molecule has 1 fully saturated rings. The number of oxime groups is 1. The first kappa shape index (κ1) is 18.5. The molecule has 1 aliphatic heterocycles. The van der Waals surface area contributed by atoms with Crippen molar-refractivity contribution in [2.45, 2.75) is 5.56 Å². The van der Waals surface area contributed by atoms with Crippen LogP contribution in [-0.2, 0) is 4.84 Å². The van der Waals surface area contributed by atoms with E-state index < -0.39 is 5.56 Å². The molecule has 3 N–H and O–H groups in total. The van der Waals surface area contributed by atoms with E-state index in [4.69, 9.17) is 22.2 Å². The standard InChI is InChI=1S/C12H16ClN3O.2ClH/c13-12(9-4-2-1-3-5-9)17-16-11-8-15-7-10(11)6-14;;/h1-5,10,12,15H,6-8,14H2;2*1H. The maximum Gasteiger partial charge on any atom is 0.225 e. The molecule has 4 nitrogen and oxygen atoms in total. The number of rotatable bonds is 4. The Labute approximate surface area is 130 Å². The molecule has 19 heavy (non-hydrogen) atoms. The Morgan fingerprint density at radius 2 is 2.05 bits per heavy atom. The van der Waals surface area contributed by atoms with Crippen LogP contribution >= 0.6 is 36.4 Å². The number of hydrogen-bond donors (Lipinski definition) is 2. The molecule has 1 aromatic carbocycles. The van der Waals surface area contributed by atoms with Gasteiger partial charge in [0.05, 0.1) is 5.71 Å². The van der Waals surface area contributed by atoms with E-state index in [2.05, 4.69) is 10.5 Å². The molecule has 0 aliphatic carbocycles. The highest BCUT2D eigenvalue weighted by Gasteiger charge is 2.21. The molecule has 0 bridgehead atoms. The third-order valence-electron chi connectivity index (χ3n) is 2.78. The molecular weight excluding hydrogens is 309 g/mol. The highest BCUT2D eigenvalue weighted by Crippen LogP contribution is 2.22. The zero-order valence-electron chi connectivity index (χ0n) is 10.3. The van der Waals surface area contributed by atoms with Crippen LogP contribution in [-0.4, -0.2) is 25.3 Å². The Kier molecular flexibility index (Phi) is 9.14. The average molecular weight is 327 g/mol. The van der Waals surface area contributed by atoms with Crippen LogP contribution in [0.4, 0.5) is 0 Å². The summed E-state index contributed by atoms with van der Waals surface area (Å²) in [5.41, 5.74) is 6.92. The summed E-state index contributed by atoms with van der Waals surface area (Å²) in [5, 5.41) is 7.30. The summed E-state index contributed by atoms with van der Waals surface area (Å²) in [5.74, 6) is 0.259. The molecule has 1 aromatic rings. The van der Waals surface area contributed by atoms with Gasteiger partial charge >= 0.3 is 0 Å². The van der Waals surface area contributed by atoms with Crippen molar-refractivity contribution in [3.8, 4) is 0 Å². The summed E-state index contributed by atoms with van der Waals surface area (Å²) >= 11 is 6.09. The highest BCUT2D eigenvalue weighted by molar-refractivity contribution is 6.19. The Morgan fingerprint density at radius 1 is 1.37 bits per heavy atom. The van der Waals surface area contributed by atoms with Crippen molar-refractivity contribution in [2.75, 3.05) is 19.6 Å². The number of nitrogens with zero attached hydrogens (tertiary/aromatic N) is 1. The van der Waals surface area contributed by atoms with Gasteiger partial charge in [-0.2, -0.15) is 0 Å². The molecule has 1 heterocycles. The van der Waals surface area contributed by atoms with Crippen LogP contribution in [0.3, 0.4) is 0 Å². The van der Waals surface area contributed by atoms with Gasteiger partial charge in [-0.25, -0.2) is 0 Å². The Bertz CT molecular complexity index is 389. The molecule has 1 aliphatic rings. The molecule has 108 valence electrons. The second-order valence-electron chi connectivity index (χ2n) is 3.98. The molecule has 0 radical (unpaired) electrons. The van der Waals surface area contributed by atoms with Gasteiger partial charge in [0, 0.05) is 31.1 Å². The van der Waals surface area contributed by atoms with Crippen molar-refractivity contribution in [3.63, 3.8) is 0 Å². The van der Waals surface area contributed by atoms with Crippen LogP contribution in [0, 0.1) is 5.92 Å². The lowest BCUT2D eigenvalue weighted by atomic mass is 10.1. The molecule has 0 amide bonds. The van der Waals surface area contributed by atoms with Gasteiger partial charge in [-0.15, -0.1) is 24.8 Å². The lowest BCUT2D eigenvalue weighted by Crippen LogP contribution is -2.22. The summed E-state index contributed by atoms with van der Waals surface area (Å²) in [6.07, 6.45) is 0. The first-order chi connectivity index (χ1) is 8.31. The van der Waals surface area contributed by atoms with Crippen LogP contribution in [0.5, 0.6) is 0 Å². The number of alkyl halides is 1. The largest absolute Gasteiger partial charge is 0.371 e. The fourth-order valence-corrected chi connectivity index (χ4v) is 1.93. The van der Waals surface area contributed by atoms with E-state index in [0.29, 0.717) is 6.54 Å². The summed E-state index contributed by atoms with van der Waals surface area (Å²) in [7, 11) is 0. The maximum atomic E-state index is 6.09. The number of halogens is 3. The molecule has 0 spiro atoms. The predicted molar refractivity (Wildman–Crippen MR) is 83.5 cm³/mol. The van der Waals surface area contributed by atoms with E-state index in [0.717, 1.165) is 24.4 Å². The van der Waals surface area contributed by atoms with Gasteiger partial charge in [0.1, 0.15) is 0 Å².